The highest BCUT2D eigenvalue weighted by Crippen LogP contribution is 2.31. The van der Waals surface area contributed by atoms with Gasteiger partial charge < -0.3 is 10.5 Å². The van der Waals surface area contributed by atoms with Crippen LogP contribution in [0.1, 0.15) is 5.56 Å². The number of rotatable bonds is 6. The molecular formula is C15H13Cl2NO3S. The van der Waals surface area contributed by atoms with Crippen molar-refractivity contribution in [2.75, 3.05) is 5.75 Å². The maximum absolute atomic E-state index is 11.6. The van der Waals surface area contributed by atoms with E-state index in [1.807, 2.05) is 0 Å². The Hall–Kier alpha value is -1.56. The normalized spacial score (nSPS) is 11.9. The van der Waals surface area contributed by atoms with E-state index in [4.69, 9.17) is 33.7 Å². The van der Waals surface area contributed by atoms with Crippen molar-refractivity contribution in [1.29, 1.82) is 0 Å². The first-order valence-electron chi connectivity index (χ1n) is 6.29. The number of nitrogens with two attached hydrogens (primary N) is 1. The first-order chi connectivity index (χ1) is 10.4. The molecule has 1 unspecified atom stereocenters. The molecule has 22 heavy (non-hydrogen) atoms. The number of hydrogen-bond acceptors (Lipinski definition) is 3. The van der Waals surface area contributed by atoms with Gasteiger partial charge in [-0.3, -0.25) is 9.00 Å². The van der Waals surface area contributed by atoms with E-state index in [1.54, 1.807) is 42.5 Å². The Morgan fingerprint density at radius 1 is 1.14 bits per heavy atom. The van der Waals surface area contributed by atoms with Gasteiger partial charge in [-0.25, -0.2) is 0 Å². The van der Waals surface area contributed by atoms with Gasteiger partial charge >= 0.3 is 0 Å². The van der Waals surface area contributed by atoms with Crippen molar-refractivity contribution >= 4 is 39.9 Å². The highest BCUT2D eigenvalue weighted by atomic mass is 35.5. The van der Waals surface area contributed by atoms with Gasteiger partial charge in [0.15, 0.2) is 0 Å². The third-order valence-corrected chi connectivity index (χ3v) is 4.48. The smallest absolute Gasteiger partial charge is 0.230 e. The van der Waals surface area contributed by atoms with Crippen molar-refractivity contribution in [2.24, 2.45) is 5.73 Å². The van der Waals surface area contributed by atoms with E-state index >= 15 is 0 Å². The van der Waals surface area contributed by atoms with Gasteiger partial charge in [0.05, 0.1) is 5.02 Å². The summed E-state index contributed by atoms with van der Waals surface area (Å²) < 4.78 is 17.3. The van der Waals surface area contributed by atoms with Crippen molar-refractivity contribution in [3.63, 3.8) is 0 Å². The van der Waals surface area contributed by atoms with E-state index in [1.165, 1.54) is 0 Å². The molecular weight excluding hydrogens is 345 g/mol. The molecule has 0 saturated heterocycles. The Morgan fingerprint density at radius 3 is 2.45 bits per heavy atom. The molecule has 0 aliphatic carbocycles. The van der Waals surface area contributed by atoms with Gasteiger partial charge in [-0.05, 0) is 29.8 Å². The summed E-state index contributed by atoms with van der Waals surface area (Å²) in [5.41, 5.74) is 5.83. The quantitative estimate of drug-likeness (QED) is 0.859. The van der Waals surface area contributed by atoms with E-state index in [2.05, 4.69) is 0 Å². The molecule has 0 heterocycles. The van der Waals surface area contributed by atoms with E-state index in [0.29, 0.717) is 21.5 Å². The maximum Gasteiger partial charge on any atom is 0.230 e. The predicted octanol–water partition coefficient (Wildman–Crippen LogP) is 3.52. The standard InChI is InChI=1S/C15H13Cl2NO3S/c16-11-3-6-13(17)14(7-11)21-12-4-1-10(2-5-12)8-22(20)9-15(18)19/h1-7H,8-9H2,(H2,18,19). The fourth-order valence-electron chi connectivity index (χ4n) is 1.73. The van der Waals surface area contributed by atoms with Gasteiger partial charge in [0.25, 0.3) is 0 Å². The molecule has 0 aromatic heterocycles. The van der Waals surface area contributed by atoms with Crippen LogP contribution in [-0.2, 0) is 21.3 Å². The van der Waals surface area contributed by atoms with Crippen LogP contribution in [0.2, 0.25) is 10.0 Å². The fraction of sp³-hybridized carbons (Fsp3) is 0.133. The molecule has 2 rings (SSSR count). The van der Waals surface area contributed by atoms with Gasteiger partial charge in [-0.15, -0.1) is 0 Å². The average Bonchev–Trinajstić information content (AvgIpc) is 2.44. The monoisotopic (exact) mass is 357 g/mol. The Morgan fingerprint density at radius 2 is 1.82 bits per heavy atom. The number of carbonyl (C=O) groups is 1. The Labute approximate surface area is 140 Å². The minimum absolute atomic E-state index is 0.142. The molecule has 0 saturated carbocycles. The second-order valence-electron chi connectivity index (χ2n) is 4.52. The summed E-state index contributed by atoms with van der Waals surface area (Å²) in [5, 5.41) is 0.980. The molecule has 7 heteroatoms. The zero-order valence-corrected chi connectivity index (χ0v) is 13.8. The minimum atomic E-state index is -1.31. The molecule has 0 radical (unpaired) electrons. The third kappa shape index (κ3) is 5.02. The van der Waals surface area contributed by atoms with Gasteiger partial charge in [0, 0.05) is 27.6 Å². The van der Waals surface area contributed by atoms with Gasteiger partial charge in [0.2, 0.25) is 5.91 Å². The largest absolute Gasteiger partial charge is 0.456 e. The molecule has 1 atom stereocenters. The zero-order chi connectivity index (χ0) is 16.1. The predicted molar refractivity (Wildman–Crippen MR) is 88.9 cm³/mol. The zero-order valence-electron chi connectivity index (χ0n) is 11.4. The molecule has 4 nitrogen and oxygen atoms in total. The van der Waals surface area contributed by atoms with Crippen LogP contribution in [0, 0.1) is 0 Å². The first-order valence-corrected chi connectivity index (χ1v) is 8.53. The number of primary amides is 1. The third-order valence-electron chi connectivity index (χ3n) is 2.68. The molecule has 0 spiro atoms. The minimum Gasteiger partial charge on any atom is -0.456 e. The summed E-state index contributed by atoms with van der Waals surface area (Å²) in [6.45, 7) is 0. The molecule has 0 fully saturated rings. The molecule has 0 aliphatic heterocycles. The van der Waals surface area contributed by atoms with Crippen LogP contribution in [-0.4, -0.2) is 15.9 Å². The lowest BCUT2D eigenvalue weighted by atomic mass is 10.2. The van der Waals surface area contributed by atoms with Crippen molar-refractivity contribution in [3.05, 3.63) is 58.1 Å². The van der Waals surface area contributed by atoms with Crippen molar-refractivity contribution in [2.45, 2.75) is 5.75 Å². The number of halogens is 2. The first kappa shape index (κ1) is 16.8. The van der Waals surface area contributed by atoms with Crippen LogP contribution in [0.5, 0.6) is 11.5 Å². The molecule has 2 aromatic rings. The maximum atomic E-state index is 11.6. The highest BCUT2D eigenvalue weighted by Gasteiger charge is 2.07. The lowest BCUT2D eigenvalue weighted by Crippen LogP contribution is -2.20. The van der Waals surface area contributed by atoms with Crippen LogP contribution < -0.4 is 10.5 Å². The Balaban J connectivity index is 2.04. The summed E-state index contributed by atoms with van der Waals surface area (Å²) in [4.78, 5) is 10.7. The molecule has 0 bridgehead atoms. The molecule has 2 aromatic carbocycles. The average molecular weight is 358 g/mol. The Bertz CT molecular complexity index is 704. The Kier molecular flexibility index (Phi) is 5.83. The van der Waals surface area contributed by atoms with Crippen molar-refractivity contribution < 1.29 is 13.7 Å². The molecule has 116 valence electrons. The van der Waals surface area contributed by atoms with Crippen LogP contribution in [0.3, 0.4) is 0 Å². The molecule has 2 N–H and O–H groups in total. The van der Waals surface area contributed by atoms with E-state index in [-0.39, 0.29) is 11.5 Å². The molecule has 0 aliphatic rings. The topological polar surface area (TPSA) is 69.4 Å². The number of carbonyl (C=O) groups excluding carboxylic acids is 1. The number of hydrogen-bond donors (Lipinski definition) is 1. The second-order valence-corrected chi connectivity index (χ2v) is 6.82. The van der Waals surface area contributed by atoms with Gasteiger partial charge in [0.1, 0.15) is 17.3 Å². The summed E-state index contributed by atoms with van der Waals surface area (Å²) in [6, 6.07) is 12.0. The van der Waals surface area contributed by atoms with Gasteiger partial charge in [-0.2, -0.15) is 0 Å². The van der Waals surface area contributed by atoms with E-state index < -0.39 is 16.7 Å². The van der Waals surface area contributed by atoms with Crippen molar-refractivity contribution in [3.8, 4) is 11.5 Å². The van der Waals surface area contributed by atoms with Crippen LogP contribution in [0.25, 0.3) is 0 Å². The van der Waals surface area contributed by atoms with Gasteiger partial charge in [-0.1, -0.05) is 35.3 Å². The summed E-state index contributed by atoms with van der Waals surface area (Å²) in [5.74, 6) is 0.582. The highest BCUT2D eigenvalue weighted by molar-refractivity contribution is 7.84. The van der Waals surface area contributed by atoms with Crippen molar-refractivity contribution in [1.82, 2.24) is 0 Å². The summed E-state index contributed by atoms with van der Waals surface area (Å²) in [6.07, 6.45) is 0. The van der Waals surface area contributed by atoms with Crippen LogP contribution in [0.15, 0.2) is 42.5 Å². The second kappa shape index (κ2) is 7.63. The lowest BCUT2D eigenvalue weighted by Gasteiger charge is -2.08. The summed E-state index contributed by atoms with van der Waals surface area (Å²) >= 11 is 11.9. The number of amides is 1. The number of ether oxygens (including phenoxy) is 1. The van der Waals surface area contributed by atoms with E-state index in [9.17, 15) is 9.00 Å². The van der Waals surface area contributed by atoms with E-state index in [0.717, 1.165) is 5.56 Å². The fourth-order valence-corrected chi connectivity index (χ4v) is 3.03. The van der Waals surface area contributed by atoms with Crippen LogP contribution >= 0.6 is 23.2 Å². The SMILES string of the molecule is NC(=O)CS(=O)Cc1ccc(Oc2cc(Cl)ccc2Cl)cc1. The lowest BCUT2D eigenvalue weighted by molar-refractivity contribution is -0.115. The van der Waals surface area contributed by atoms with Crippen LogP contribution in [0.4, 0.5) is 0 Å². The number of benzene rings is 2. The molecule has 1 amide bonds. The summed E-state index contributed by atoms with van der Waals surface area (Å²) in [7, 11) is -1.31.